The van der Waals surface area contributed by atoms with Gasteiger partial charge in [-0.05, 0) is 18.8 Å². The summed E-state index contributed by atoms with van der Waals surface area (Å²) in [5, 5.41) is 0. The molecule has 0 heterocycles. The Morgan fingerprint density at radius 2 is 2.40 bits per heavy atom. The van der Waals surface area contributed by atoms with E-state index in [0.29, 0.717) is 12.5 Å². The largest absolute Gasteiger partial charge is 0.350 e. The molecule has 0 atom stereocenters. The number of amides is 2. The van der Waals surface area contributed by atoms with Crippen LogP contribution in [-0.4, -0.2) is 12.6 Å². The summed E-state index contributed by atoms with van der Waals surface area (Å²) in [5.41, 5.74) is 6.85. The molecule has 0 radical (unpaired) electrons. The lowest BCUT2D eigenvalue weighted by molar-refractivity contribution is 0.0201. The fourth-order valence-electron chi connectivity index (χ4n) is 0.890. The zero-order valence-corrected chi connectivity index (χ0v) is 5.80. The van der Waals surface area contributed by atoms with E-state index in [1.165, 1.54) is 19.3 Å². The minimum atomic E-state index is -0.626. The highest BCUT2D eigenvalue weighted by Gasteiger charge is 2.17. The van der Waals surface area contributed by atoms with E-state index in [4.69, 9.17) is 10.6 Å². The highest BCUT2D eigenvalue weighted by atomic mass is 16.7. The fourth-order valence-corrected chi connectivity index (χ4v) is 0.890. The summed E-state index contributed by atoms with van der Waals surface area (Å²) in [5.74, 6) is 0.631. The number of primary amides is 1. The molecule has 1 aliphatic rings. The summed E-state index contributed by atoms with van der Waals surface area (Å²) in [6, 6.07) is -0.626. The highest BCUT2D eigenvalue weighted by molar-refractivity contribution is 5.70. The summed E-state index contributed by atoms with van der Waals surface area (Å²) in [6.45, 7) is 0.600. The predicted molar refractivity (Wildman–Crippen MR) is 36.0 cm³/mol. The molecule has 0 spiro atoms. The first-order chi connectivity index (χ1) is 4.79. The maximum atomic E-state index is 10.1. The van der Waals surface area contributed by atoms with E-state index in [0.717, 1.165) is 0 Å². The van der Waals surface area contributed by atoms with Crippen molar-refractivity contribution in [3.8, 4) is 0 Å². The second kappa shape index (κ2) is 3.41. The maximum Gasteiger partial charge on any atom is 0.336 e. The van der Waals surface area contributed by atoms with E-state index >= 15 is 0 Å². The number of hydrogen-bond donors (Lipinski definition) is 2. The van der Waals surface area contributed by atoms with Crippen LogP contribution in [0.25, 0.3) is 0 Å². The van der Waals surface area contributed by atoms with Crippen LogP contribution in [0.3, 0.4) is 0 Å². The molecule has 10 heavy (non-hydrogen) atoms. The molecule has 2 amide bonds. The zero-order valence-electron chi connectivity index (χ0n) is 5.80. The van der Waals surface area contributed by atoms with Gasteiger partial charge in [-0.1, -0.05) is 6.42 Å². The molecule has 3 N–H and O–H groups in total. The Labute approximate surface area is 59.7 Å². The van der Waals surface area contributed by atoms with Crippen LogP contribution in [0.5, 0.6) is 0 Å². The minimum Gasteiger partial charge on any atom is -0.350 e. The van der Waals surface area contributed by atoms with E-state index in [-0.39, 0.29) is 0 Å². The van der Waals surface area contributed by atoms with E-state index in [9.17, 15) is 4.79 Å². The standard InChI is InChI=1S/C6H12N2O2/c7-6(9)8-10-4-5-2-1-3-5/h5H,1-4H2,(H3,7,8,9). The third-order valence-corrected chi connectivity index (χ3v) is 1.72. The molecule has 4 nitrogen and oxygen atoms in total. The van der Waals surface area contributed by atoms with Gasteiger partial charge in [-0.15, -0.1) is 0 Å². The van der Waals surface area contributed by atoms with Crippen LogP contribution in [0.2, 0.25) is 0 Å². The van der Waals surface area contributed by atoms with Crippen LogP contribution >= 0.6 is 0 Å². The summed E-state index contributed by atoms with van der Waals surface area (Å²) < 4.78 is 0. The molecule has 0 aromatic rings. The van der Waals surface area contributed by atoms with Crippen LogP contribution in [0, 0.1) is 5.92 Å². The Morgan fingerprint density at radius 1 is 1.70 bits per heavy atom. The molecule has 0 aliphatic heterocycles. The molecule has 1 fully saturated rings. The first-order valence-corrected chi connectivity index (χ1v) is 3.46. The average Bonchev–Trinajstić information content (AvgIpc) is 1.75. The fraction of sp³-hybridized carbons (Fsp3) is 0.833. The first-order valence-electron chi connectivity index (χ1n) is 3.46. The number of carbonyl (C=O) groups is 1. The van der Waals surface area contributed by atoms with Crippen molar-refractivity contribution in [3.63, 3.8) is 0 Å². The molecule has 1 saturated carbocycles. The summed E-state index contributed by atoms with van der Waals surface area (Å²) in [7, 11) is 0. The summed E-state index contributed by atoms with van der Waals surface area (Å²) in [6.07, 6.45) is 3.70. The molecule has 4 heteroatoms. The van der Waals surface area contributed by atoms with Crippen LogP contribution in [-0.2, 0) is 4.84 Å². The lowest BCUT2D eigenvalue weighted by atomic mass is 9.86. The van der Waals surface area contributed by atoms with Gasteiger partial charge in [-0.3, -0.25) is 4.84 Å². The van der Waals surface area contributed by atoms with E-state index < -0.39 is 6.03 Å². The van der Waals surface area contributed by atoms with Crippen LogP contribution in [0.4, 0.5) is 4.79 Å². The third kappa shape index (κ3) is 2.23. The smallest absolute Gasteiger partial charge is 0.336 e. The molecule has 0 aromatic carbocycles. The third-order valence-electron chi connectivity index (χ3n) is 1.72. The first kappa shape index (κ1) is 7.34. The highest BCUT2D eigenvalue weighted by Crippen LogP contribution is 2.25. The van der Waals surface area contributed by atoms with E-state index in [1.54, 1.807) is 0 Å². The van der Waals surface area contributed by atoms with Crippen molar-refractivity contribution in [1.82, 2.24) is 5.48 Å². The molecular formula is C6H12N2O2. The zero-order chi connectivity index (χ0) is 7.40. The Bertz CT molecular complexity index is 123. The number of hydrogen-bond acceptors (Lipinski definition) is 2. The van der Waals surface area contributed by atoms with Gasteiger partial charge in [0.05, 0.1) is 6.61 Å². The van der Waals surface area contributed by atoms with Gasteiger partial charge in [0.25, 0.3) is 0 Å². The number of carbonyl (C=O) groups excluding carboxylic acids is 1. The SMILES string of the molecule is NC(=O)NOCC1CCC1. The second-order valence-electron chi connectivity index (χ2n) is 2.57. The van der Waals surface area contributed by atoms with Gasteiger partial charge in [0.1, 0.15) is 0 Å². The number of nitrogens with one attached hydrogen (secondary N) is 1. The molecule has 1 aliphatic carbocycles. The quantitative estimate of drug-likeness (QED) is 0.562. The normalized spacial score (nSPS) is 18.0. The van der Waals surface area contributed by atoms with Gasteiger partial charge in [-0.2, -0.15) is 0 Å². The van der Waals surface area contributed by atoms with Gasteiger partial charge in [0.2, 0.25) is 0 Å². The molecule has 58 valence electrons. The van der Waals surface area contributed by atoms with Crippen molar-refractivity contribution in [2.45, 2.75) is 19.3 Å². The minimum absolute atomic E-state index is 0.600. The van der Waals surface area contributed by atoms with Crippen LogP contribution in [0.1, 0.15) is 19.3 Å². The molecule has 0 unspecified atom stereocenters. The van der Waals surface area contributed by atoms with Gasteiger partial charge in [0.15, 0.2) is 0 Å². The molecular weight excluding hydrogens is 132 g/mol. The van der Waals surface area contributed by atoms with E-state index in [2.05, 4.69) is 5.48 Å². The maximum absolute atomic E-state index is 10.1. The van der Waals surface area contributed by atoms with Gasteiger partial charge in [-0.25, -0.2) is 10.3 Å². The Balaban J connectivity index is 1.89. The van der Waals surface area contributed by atoms with Crippen molar-refractivity contribution < 1.29 is 9.63 Å². The van der Waals surface area contributed by atoms with Crippen molar-refractivity contribution >= 4 is 6.03 Å². The number of hydroxylamine groups is 1. The van der Waals surface area contributed by atoms with Crippen molar-refractivity contribution in [3.05, 3.63) is 0 Å². The lowest BCUT2D eigenvalue weighted by Gasteiger charge is -2.24. The number of urea groups is 1. The lowest BCUT2D eigenvalue weighted by Crippen LogP contribution is -2.32. The average molecular weight is 144 g/mol. The molecule has 0 aromatic heterocycles. The van der Waals surface area contributed by atoms with Crippen molar-refractivity contribution in [2.24, 2.45) is 11.7 Å². The molecule has 0 bridgehead atoms. The number of rotatable bonds is 3. The van der Waals surface area contributed by atoms with E-state index in [1.807, 2.05) is 0 Å². The molecule has 0 saturated heterocycles. The van der Waals surface area contributed by atoms with Crippen LogP contribution in [0.15, 0.2) is 0 Å². The summed E-state index contributed by atoms with van der Waals surface area (Å²) >= 11 is 0. The number of nitrogens with two attached hydrogens (primary N) is 1. The Kier molecular flexibility index (Phi) is 2.50. The van der Waals surface area contributed by atoms with Gasteiger partial charge >= 0.3 is 6.03 Å². The summed E-state index contributed by atoms with van der Waals surface area (Å²) in [4.78, 5) is 14.8. The van der Waals surface area contributed by atoms with Crippen molar-refractivity contribution in [2.75, 3.05) is 6.61 Å². The predicted octanol–water partition coefficient (Wildman–Crippen LogP) is 0.386. The second-order valence-corrected chi connectivity index (χ2v) is 2.57. The Morgan fingerprint density at radius 3 is 2.80 bits per heavy atom. The molecule has 1 rings (SSSR count). The Hall–Kier alpha value is -0.770. The monoisotopic (exact) mass is 144 g/mol. The van der Waals surface area contributed by atoms with Crippen LogP contribution < -0.4 is 11.2 Å². The topological polar surface area (TPSA) is 64.4 Å². The van der Waals surface area contributed by atoms with Gasteiger partial charge < -0.3 is 5.73 Å². The van der Waals surface area contributed by atoms with Gasteiger partial charge in [0, 0.05) is 0 Å². The van der Waals surface area contributed by atoms with Crippen molar-refractivity contribution in [1.29, 1.82) is 0 Å².